The summed E-state index contributed by atoms with van der Waals surface area (Å²) in [4.78, 5) is 10.8. The van der Waals surface area contributed by atoms with Crippen molar-refractivity contribution in [3.8, 4) is 0 Å². The highest BCUT2D eigenvalue weighted by molar-refractivity contribution is 5.84. The van der Waals surface area contributed by atoms with Crippen LogP contribution in [0.15, 0.2) is 24.3 Å². The second kappa shape index (κ2) is 3.76. The number of hydrogen-bond acceptors (Lipinski definition) is 2. The molecule has 0 bridgehead atoms. The number of amides is 1. The van der Waals surface area contributed by atoms with E-state index >= 15 is 0 Å². The fourth-order valence-electron chi connectivity index (χ4n) is 0.892. The summed E-state index contributed by atoms with van der Waals surface area (Å²) < 4.78 is 4.44. The summed E-state index contributed by atoms with van der Waals surface area (Å²) in [5.41, 5.74) is 1.85. The van der Waals surface area contributed by atoms with E-state index in [1.807, 2.05) is 31.2 Å². The molecule has 0 spiro atoms. The highest BCUT2D eigenvalue weighted by Crippen LogP contribution is 2.09. The van der Waals surface area contributed by atoms with Gasteiger partial charge >= 0.3 is 6.09 Å². The van der Waals surface area contributed by atoms with E-state index in [-0.39, 0.29) is 1.43 Å². The molecule has 0 radical (unpaired) electrons. The van der Waals surface area contributed by atoms with Gasteiger partial charge in [-0.15, -0.1) is 0 Å². The van der Waals surface area contributed by atoms with E-state index < -0.39 is 6.09 Å². The van der Waals surface area contributed by atoms with Crippen molar-refractivity contribution in [1.82, 2.24) is 0 Å². The van der Waals surface area contributed by atoms with Crippen LogP contribution in [0.3, 0.4) is 0 Å². The second-order valence-electron chi connectivity index (χ2n) is 2.49. The zero-order valence-electron chi connectivity index (χ0n) is 7.13. The molecule has 0 saturated heterocycles. The van der Waals surface area contributed by atoms with E-state index in [1.165, 1.54) is 7.11 Å². The Morgan fingerprint density at radius 1 is 1.58 bits per heavy atom. The molecule has 1 rings (SSSR count). The third-order valence-corrected chi connectivity index (χ3v) is 1.45. The summed E-state index contributed by atoms with van der Waals surface area (Å²) in [5.74, 6) is 0. The van der Waals surface area contributed by atoms with Gasteiger partial charge in [0.1, 0.15) is 0 Å². The molecule has 66 valence electrons. The molecule has 1 aromatic rings. The summed E-state index contributed by atoms with van der Waals surface area (Å²) >= 11 is 0. The second-order valence-corrected chi connectivity index (χ2v) is 2.49. The fourth-order valence-corrected chi connectivity index (χ4v) is 0.892. The fraction of sp³-hybridized carbons (Fsp3) is 0.222. The highest BCUT2D eigenvalue weighted by Gasteiger charge is 1.98. The topological polar surface area (TPSA) is 38.3 Å². The minimum Gasteiger partial charge on any atom is -0.453 e. The third-order valence-electron chi connectivity index (χ3n) is 1.45. The van der Waals surface area contributed by atoms with Gasteiger partial charge in [0.15, 0.2) is 0 Å². The average molecular weight is 167 g/mol. The minimum absolute atomic E-state index is 0. The van der Waals surface area contributed by atoms with Crippen molar-refractivity contribution >= 4 is 11.8 Å². The number of rotatable bonds is 1. The summed E-state index contributed by atoms with van der Waals surface area (Å²) in [7, 11) is 1.34. The number of nitrogens with one attached hydrogen (secondary N) is 1. The van der Waals surface area contributed by atoms with Crippen molar-refractivity contribution < 1.29 is 11.0 Å². The van der Waals surface area contributed by atoms with E-state index in [2.05, 4.69) is 10.1 Å². The predicted octanol–water partition coefficient (Wildman–Crippen LogP) is 2.42. The molecule has 0 fully saturated rings. The molecule has 1 aromatic carbocycles. The van der Waals surface area contributed by atoms with Crippen molar-refractivity contribution in [1.29, 1.82) is 0 Å². The molecule has 0 aliphatic heterocycles. The highest BCUT2D eigenvalue weighted by atomic mass is 16.5. The van der Waals surface area contributed by atoms with Crippen molar-refractivity contribution in [2.45, 2.75) is 6.92 Å². The maximum absolute atomic E-state index is 10.8. The monoisotopic (exact) mass is 167 g/mol. The van der Waals surface area contributed by atoms with Crippen LogP contribution in [0, 0.1) is 6.92 Å². The molecule has 0 heterocycles. The van der Waals surface area contributed by atoms with Crippen LogP contribution in [0.2, 0.25) is 0 Å². The normalized spacial score (nSPS) is 9.17. The molecule has 3 nitrogen and oxygen atoms in total. The minimum atomic E-state index is -0.444. The van der Waals surface area contributed by atoms with Gasteiger partial charge < -0.3 is 4.74 Å². The SMILES string of the molecule is COC(=O)Nc1cccc(C)c1.[HH]. The van der Waals surface area contributed by atoms with Gasteiger partial charge in [-0.05, 0) is 24.6 Å². The third kappa shape index (κ3) is 2.27. The van der Waals surface area contributed by atoms with Gasteiger partial charge in [-0.2, -0.15) is 0 Å². The van der Waals surface area contributed by atoms with Gasteiger partial charge in [0.2, 0.25) is 0 Å². The molecule has 0 atom stereocenters. The van der Waals surface area contributed by atoms with Crippen LogP contribution in [-0.4, -0.2) is 13.2 Å². The average Bonchev–Trinajstić information content (AvgIpc) is 2.04. The largest absolute Gasteiger partial charge is 0.453 e. The molecule has 0 unspecified atom stereocenters. The van der Waals surface area contributed by atoms with Gasteiger partial charge in [-0.1, -0.05) is 12.1 Å². The molecule has 0 saturated carbocycles. The first-order chi connectivity index (χ1) is 5.72. The summed E-state index contributed by atoms with van der Waals surface area (Å²) in [6.45, 7) is 1.96. The van der Waals surface area contributed by atoms with Gasteiger partial charge in [-0.25, -0.2) is 4.79 Å². The van der Waals surface area contributed by atoms with Gasteiger partial charge in [0.25, 0.3) is 0 Å². The van der Waals surface area contributed by atoms with Crippen LogP contribution >= 0.6 is 0 Å². The number of carbonyl (C=O) groups is 1. The predicted molar refractivity (Wildman–Crippen MR) is 49.3 cm³/mol. The number of benzene rings is 1. The van der Waals surface area contributed by atoms with Crippen molar-refractivity contribution in [3.63, 3.8) is 0 Å². The number of ether oxygens (including phenoxy) is 1. The Balaban J connectivity index is 0.00000144. The van der Waals surface area contributed by atoms with Gasteiger partial charge in [0.05, 0.1) is 7.11 Å². The van der Waals surface area contributed by atoms with E-state index in [0.717, 1.165) is 11.3 Å². The van der Waals surface area contributed by atoms with Crippen LogP contribution in [0.1, 0.15) is 6.99 Å². The van der Waals surface area contributed by atoms with E-state index in [0.29, 0.717) is 0 Å². The molecule has 0 aromatic heterocycles. The summed E-state index contributed by atoms with van der Waals surface area (Å²) in [6.07, 6.45) is -0.444. The molecular weight excluding hydrogens is 154 g/mol. The molecule has 12 heavy (non-hydrogen) atoms. The molecule has 1 N–H and O–H groups in total. The molecular formula is C9H13NO2. The molecule has 3 heteroatoms. The lowest BCUT2D eigenvalue weighted by Gasteiger charge is -2.03. The number of aryl methyl sites for hydroxylation is 1. The van der Waals surface area contributed by atoms with E-state index in [9.17, 15) is 4.79 Å². The molecule has 1 amide bonds. The Bertz CT molecular complexity index is 289. The van der Waals surface area contributed by atoms with Crippen molar-refractivity contribution in [3.05, 3.63) is 29.8 Å². The van der Waals surface area contributed by atoms with Gasteiger partial charge in [-0.3, -0.25) is 5.32 Å². The quantitative estimate of drug-likeness (QED) is 0.697. The standard InChI is InChI=1S/C9H11NO2.H2/c1-7-4-3-5-8(6-7)10-9(11)12-2;/h3-6H,1-2H3,(H,10,11);1H. The maximum atomic E-state index is 10.8. The summed E-state index contributed by atoms with van der Waals surface area (Å²) in [6, 6.07) is 7.52. The number of hydrogen-bond donors (Lipinski definition) is 1. The first-order valence-corrected chi connectivity index (χ1v) is 3.64. The van der Waals surface area contributed by atoms with Crippen molar-refractivity contribution in [2.24, 2.45) is 0 Å². The van der Waals surface area contributed by atoms with Crippen molar-refractivity contribution in [2.75, 3.05) is 12.4 Å². The van der Waals surface area contributed by atoms with Crippen LogP contribution in [0.25, 0.3) is 0 Å². The first-order valence-electron chi connectivity index (χ1n) is 3.64. The Morgan fingerprint density at radius 3 is 2.92 bits per heavy atom. The van der Waals surface area contributed by atoms with Crippen LogP contribution in [-0.2, 0) is 4.74 Å². The zero-order chi connectivity index (χ0) is 8.97. The smallest absolute Gasteiger partial charge is 0.411 e. The first kappa shape index (κ1) is 8.59. The zero-order valence-corrected chi connectivity index (χ0v) is 7.13. The molecule has 0 aliphatic carbocycles. The van der Waals surface area contributed by atoms with E-state index in [1.54, 1.807) is 0 Å². The van der Waals surface area contributed by atoms with E-state index in [4.69, 9.17) is 0 Å². The Morgan fingerprint density at radius 2 is 2.33 bits per heavy atom. The van der Waals surface area contributed by atoms with Gasteiger partial charge in [0, 0.05) is 7.11 Å². The lowest BCUT2D eigenvalue weighted by atomic mass is 10.2. The number of methoxy groups -OCH3 is 1. The molecule has 0 aliphatic rings. The Hall–Kier alpha value is -1.51. The summed E-state index contributed by atoms with van der Waals surface area (Å²) in [5, 5.41) is 2.57. The lowest BCUT2D eigenvalue weighted by Crippen LogP contribution is -2.10. The number of anilines is 1. The Labute approximate surface area is 72.8 Å². The Kier molecular flexibility index (Phi) is 2.69. The lowest BCUT2D eigenvalue weighted by molar-refractivity contribution is 0.187. The maximum Gasteiger partial charge on any atom is 0.411 e. The van der Waals surface area contributed by atoms with Crippen LogP contribution in [0.5, 0.6) is 0 Å². The van der Waals surface area contributed by atoms with Crippen LogP contribution < -0.4 is 5.32 Å². The number of carbonyl (C=O) groups excluding carboxylic acids is 1. The van der Waals surface area contributed by atoms with Crippen LogP contribution in [0.4, 0.5) is 10.5 Å².